The maximum Gasteiger partial charge on any atom is 0.269 e. The van der Waals surface area contributed by atoms with Gasteiger partial charge in [0, 0.05) is 60.9 Å². The Bertz CT molecular complexity index is 1410. The standard InChI is InChI=1S/C24H20N8O6/c33-31(34)17-5-1-15(2-6-17)21-19-13-25-9-10-26-14-20-22(16-3-7-18(8-4-16)32(35)36)30-38-24(20)28-12-11-27-23(19)37-29-21/h1-8,13-14,27-28H,9-12H2. The molecule has 0 saturated heterocycles. The molecule has 0 fully saturated rings. The first kappa shape index (κ1) is 24.3. The molecule has 0 saturated carbocycles. The van der Waals surface area contributed by atoms with E-state index in [9.17, 15) is 20.2 Å². The number of aliphatic imine (C=N–C) groups is 2. The highest BCUT2D eigenvalue weighted by Crippen LogP contribution is 2.30. The molecular formula is C24H20N8O6. The number of benzene rings is 2. The van der Waals surface area contributed by atoms with E-state index < -0.39 is 9.85 Å². The summed E-state index contributed by atoms with van der Waals surface area (Å²) in [6, 6.07) is 12.0. The van der Waals surface area contributed by atoms with Gasteiger partial charge >= 0.3 is 0 Å². The van der Waals surface area contributed by atoms with E-state index in [4.69, 9.17) is 9.05 Å². The van der Waals surface area contributed by atoms with Crippen LogP contribution in [-0.4, -0.2) is 58.8 Å². The second-order valence-corrected chi connectivity index (χ2v) is 8.08. The van der Waals surface area contributed by atoms with E-state index in [2.05, 4.69) is 30.9 Å². The third-order valence-electron chi connectivity index (χ3n) is 5.65. The van der Waals surface area contributed by atoms with Crippen LogP contribution >= 0.6 is 0 Å². The molecule has 3 heterocycles. The molecule has 0 bridgehead atoms. The Hall–Kier alpha value is -5.40. The summed E-state index contributed by atoms with van der Waals surface area (Å²) in [7, 11) is 0. The van der Waals surface area contributed by atoms with E-state index in [0.29, 0.717) is 71.6 Å². The number of hydrogen-bond acceptors (Lipinski definition) is 12. The molecule has 0 amide bonds. The van der Waals surface area contributed by atoms with Gasteiger partial charge in [0.1, 0.15) is 11.4 Å². The lowest BCUT2D eigenvalue weighted by molar-refractivity contribution is -0.385. The highest BCUT2D eigenvalue weighted by atomic mass is 16.6. The van der Waals surface area contributed by atoms with E-state index in [1.54, 1.807) is 36.7 Å². The smallest absolute Gasteiger partial charge is 0.269 e. The third kappa shape index (κ3) is 5.09. The van der Waals surface area contributed by atoms with Gasteiger partial charge in [0.05, 0.1) is 34.1 Å². The molecule has 0 radical (unpaired) electrons. The number of anilines is 2. The first-order chi connectivity index (χ1) is 18.5. The van der Waals surface area contributed by atoms with Crippen molar-refractivity contribution in [2.75, 3.05) is 36.8 Å². The number of nitrogens with one attached hydrogen (secondary N) is 2. The molecule has 0 spiro atoms. The van der Waals surface area contributed by atoms with Crippen LogP contribution in [0.15, 0.2) is 67.6 Å². The van der Waals surface area contributed by atoms with Crippen LogP contribution in [0.5, 0.6) is 0 Å². The molecule has 14 nitrogen and oxygen atoms in total. The molecule has 0 aliphatic carbocycles. The van der Waals surface area contributed by atoms with Gasteiger partial charge in [-0.05, 0) is 24.3 Å². The summed E-state index contributed by atoms with van der Waals surface area (Å²) in [6.45, 7) is 1.56. The van der Waals surface area contributed by atoms with Crippen LogP contribution in [0.25, 0.3) is 22.5 Å². The molecule has 1 aliphatic rings. The van der Waals surface area contributed by atoms with Crippen LogP contribution in [0, 0.1) is 20.2 Å². The molecule has 0 atom stereocenters. The first-order valence-electron chi connectivity index (χ1n) is 11.5. The van der Waals surface area contributed by atoms with E-state index >= 15 is 0 Å². The monoisotopic (exact) mass is 516 g/mol. The lowest BCUT2D eigenvalue weighted by Crippen LogP contribution is -2.14. The SMILES string of the molecule is O=[N+]([O-])c1ccc(-c2noc3c2C=NCCN=Cc2c(-c4ccc([N+](=O)[O-])cc4)noc2NCCN3)cc1. The zero-order chi connectivity index (χ0) is 26.5. The summed E-state index contributed by atoms with van der Waals surface area (Å²) in [6.07, 6.45) is 3.27. The summed E-state index contributed by atoms with van der Waals surface area (Å²) in [4.78, 5) is 29.9. The molecule has 2 aromatic carbocycles. The Morgan fingerprint density at radius 3 is 1.42 bits per heavy atom. The second-order valence-electron chi connectivity index (χ2n) is 8.08. The molecule has 2 N–H and O–H groups in total. The largest absolute Gasteiger partial charge is 0.352 e. The Balaban J connectivity index is 1.38. The zero-order valence-electron chi connectivity index (χ0n) is 19.7. The van der Waals surface area contributed by atoms with Gasteiger partial charge in [0.15, 0.2) is 0 Å². The van der Waals surface area contributed by atoms with Crippen molar-refractivity contribution >= 4 is 35.6 Å². The molecule has 38 heavy (non-hydrogen) atoms. The lowest BCUT2D eigenvalue weighted by atomic mass is 10.1. The number of nitro groups is 2. The van der Waals surface area contributed by atoms with Crippen molar-refractivity contribution in [1.82, 2.24) is 10.3 Å². The quantitative estimate of drug-likeness (QED) is 0.294. The van der Waals surface area contributed by atoms with E-state index in [1.807, 2.05) is 0 Å². The minimum absolute atomic E-state index is 0.0206. The number of nitro benzene ring substituents is 2. The number of hydrogen-bond donors (Lipinski definition) is 2. The number of nitrogens with zero attached hydrogens (tertiary/aromatic N) is 6. The average molecular weight is 516 g/mol. The van der Waals surface area contributed by atoms with Crippen LogP contribution in [0.3, 0.4) is 0 Å². The van der Waals surface area contributed by atoms with Gasteiger partial charge in [0.25, 0.3) is 11.4 Å². The minimum atomic E-state index is -0.464. The summed E-state index contributed by atoms with van der Waals surface area (Å²) in [5.74, 6) is 0.794. The topological polar surface area (TPSA) is 187 Å². The van der Waals surface area contributed by atoms with Gasteiger partial charge in [-0.1, -0.05) is 10.3 Å². The second kappa shape index (κ2) is 10.7. The zero-order valence-corrected chi connectivity index (χ0v) is 19.7. The Kier molecular flexibility index (Phi) is 6.84. The van der Waals surface area contributed by atoms with Crippen LogP contribution < -0.4 is 10.6 Å². The fourth-order valence-electron chi connectivity index (χ4n) is 3.77. The average Bonchev–Trinajstić information content (AvgIpc) is 3.52. The maximum atomic E-state index is 11.0. The van der Waals surface area contributed by atoms with Gasteiger partial charge in [0.2, 0.25) is 11.8 Å². The maximum absolute atomic E-state index is 11.0. The molecule has 14 heteroatoms. The van der Waals surface area contributed by atoms with E-state index in [1.165, 1.54) is 24.3 Å². The molecule has 0 unspecified atom stereocenters. The van der Waals surface area contributed by atoms with Crippen molar-refractivity contribution in [2.24, 2.45) is 9.98 Å². The summed E-state index contributed by atoms with van der Waals surface area (Å²) in [5.41, 5.74) is 3.48. The summed E-state index contributed by atoms with van der Waals surface area (Å²) in [5, 5.41) is 36.6. The van der Waals surface area contributed by atoms with Gasteiger partial charge in [-0.3, -0.25) is 30.2 Å². The normalized spacial score (nSPS) is 13.5. The van der Waals surface area contributed by atoms with Gasteiger partial charge in [-0.15, -0.1) is 0 Å². The number of rotatable bonds is 4. The van der Waals surface area contributed by atoms with Crippen molar-refractivity contribution < 1.29 is 18.9 Å². The molecule has 4 aromatic rings. The van der Waals surface area contributed by atoms with Crippen molar-refractivity contribution in [3.63, 3.8) is 0 Å². The molecule has 5 rings (SSSR count). The Morgan fingerprint density at radius 2 is 1.05 bits per heavy atom. The predicted molar refractivity (Wildman–Crippen MR) is 139 cm³/mol. The number of aromatic nitrogens is 2. The Labute approximate surface area is 214 Å². The molecule has 1 aliphatic heterocycles. The van der Waals surface area contributed by atoms with Crippen LogP contribution in [0.1, 0.15) is 11.1 Å². The van der Waals surface area contributed by atoms with Crippen molar-refractivity contribution in [3.05, 3.63) is 79.9 Å². The van der Waals surface area contributed by atoms with Crippen LogP contribution in [0.2, 0.25) is 0 Å². The summed E-state index contributed by atoms with van der Waals surface area (Å²) < 4.78 is 11.0. The van der Waals surface area contributed by atoms with E-state index in [-0.39, 0.29) is 11.4 Å². The van der Waals surface area contributed by atoms with Gasteiger partial charge in [-0.2, -0.15) is 0 Å². The first-order valence-corrected chi connectivity index (χ1v) is 11.5. The third-order valence-corrected chi connectivity index (χ3v) is 5.65. The number of fused-ring (bicyclic) bond motifs is 2. The predicted octanol–water partition coefficient (Wildman–Crippen LogP) is 4.19. The van der Waals surface area contributed by atoms with Crippen molar-refractivity contribution in [3.8, 4) is 22.5 Å². The van der Waals surface area contributed by atoms with E-state index in [0.717, 1.165) is 0 Å². The van der Waals surface area contributed by atoms with Crippen molar-refractivity contribution in [2.45, 2.75) is 0 Å². The van der Waals surface area contributed by atoms with Gasteiger partial charge in [-0.25, -0.2) is 0 Å². The minimum Gasteiger partial charge on any atom is -0.352 e. The lowest BCUT2D eigenvalue weighted by Gasteiger charge is -2.06. The fraction of sp³-hybridized carbons (Fsp3) is 0.167. The molecule has 2 aromatic heterocycles. The van der Waals surface area contributed by atoms with Crippen LogP contribution in [-0.2, 0) is 0 Å². The number of non-ortho nitro benzene ring substituents is 2. The fourth-order valence-corrected chi connectivity index (χ4v) is 3.77. The Morgan fingerprint density at radius 1 is 0.658 bits per heavy atom. The van der Waals surface area contributed by atoms with Crippen LogP contribution in [0.4, 0.5) is 23.1 Å². The molecule has 192 valence electrons. The van der Waals surface area contributed by atoms with Gasteiger partial charge < -0.3 is 19.7 Å². The molecular weight excluding hydrogens is 496 g/mol. The van der Waals surface area contributed by atoms with Crippen molar-refractivity contribution in [1.29, 1.82) is 0 Å². The summed E-state index contributed by atoms with van der Waals surface area (Å²) >= 11 is 0. The highest BCUT2D eigenvalue weighted by Gasteiger charge is 2.19. The highest BCUT2D eigenvalue weighted by molar-refractivity contribution is 5.95.